The van der Waals surface area contributed by atoms with Crippen LogP contribution in [0.2, 0.25) is 5.02 Å². The van der Waals surface area contributed by atoms with Crippen molar-refractivity contribution in [3.05, 3.63) is 74.0 Å². The summed E-state index contributed by atoms with van der Waals surface area (Å²) >= 11 is 6.31. The molecule has 2 amide bonds. The van der Waals surface area contributed by atoms with Gasteiger partial charge in [-0.1, -0.05) is 24.4 Å². The van der Waals surface area contributed by atoms with Gasteiger partial charge < -0.3 is 19.9 Å². The Hall–Kier alpha value is -5.26. The van der Waals surface area contributed by atoms with Gasteiger partial charge in [-0.15, -0.1) is 0 Å². The second-order valence-corrected chi connectivity index (χ2v) is 21.8. The molecule has 2 N–H and O–H groups in total. The van der Waals surface area contributed by atoms with Gasteiger partial charge in [0.2, 0.25) is 17.8 Å². The Morgan fingerprint density at radius 3 is 2.37 bits per heavy atom. The topological polar surface area (TPSA) is 183 Å². The Balaban J connectivity index is 0.731. The van der Waals surface area contributed by atoms with Crippen molar-refractivity contribution in [2.75, 3.05) is 50.1 Å². The van der Waals surface area contributed by atoms with Crippen molar-refractivity contribution in [2.24, 2.45) is 18.4 Å². The van der Waals surface area contributed by atoms with Crippen molar-refractivity contribution in [1.29, 1.82) is 0 Å². The number of imide groups is 1. The zero-order valence-corrected chi connectivity index (χ0v) is 38.7. The van der Waals surface area contributed by atoms with E-state index < -0.39 is 27.0 Å². The van der Waals surface area contributed by atoms with Crippen molar-refractivity contribution in [2.45, 2.75) is 106 Å². The van der Waals surface area contributed by atoms with Crippen LogP contribution >= 0.6 is 11.6 Å². The van der Waals surface area contributed by atoms with Crippen LogP contribution in [0.3, 0.4) is 0 Å². The molecule has 3 saturated heterocycles. The largest absolute Gasteiger partial charge is 0.492 e. The van der Waals surface area contributed by atoms with Crippen LogP contribution in [0.5, 0.6) is 5.75 Å². The number of carbonyl (C=O) groups is 2. The number of rotatable bonds is 10. The number of nitrogens with one attached hydrogen (secondary N) is 2. The van der Waals surface area contributed by atoms with E-state index in [1.165, 1.54) is 9.13 Å². The number of nitrogens with zero attached hydrogens (tertiary/aromatic N) is 7. The minimum Gasteiger partial charge on any atom is -0.492 e. The van der Waals surface area contributed by atoms with Crippen LogP contribution in [0.15, 0.2) is 57.1 Å². The first-order valence-corrected chi connectivity index (χ1v) is 24.9. The summed E-state index contributed by atoms with van der Waals surface area (Å²) < 4.78 is 38.6. The molecular formula is C47H56ClN9O7S. The van der Waals surface area contributed by atoms with Crippen LogP contribution in [0, 0.1) is 18.3 Å². The molecule has 10 rings (SSSR count). The molecule has 3 aliphatic heterocycles. The number of hydrogen-bond acceptors (Lipinski definition) is 12. The maximum absolute atomic E-state index is 14.0. The van der Waals surface area contributed by atoms with E-state index in [1.54, 1.807) is 49.2 Å². The number of aromatic nitrogens is 5. The minimum absolute atomic E-state index is 0.0462. The van der Waals surface area contributed by atoms with Gasteiger partial charge >= 0.3 is 5.69 Å². The number of piperidine rings is 3. The van der Waals surface area contributed by atoms with Crippen LogP contribution in [-0.2, 0) is 26.5 Å². The number of ether oxygens (including phenoxy) is 1. The number of halogens is 1. The van der Waals surface area contributed by atoms with Crippen molar-refractivity contribution in [3.63, 3.8) is 0 Å². The minimum atomic E-state index is -3.52. The van der Waals surface area contributed by atoms with E-state index in [-0.39, 0.29) is 46.5 Å². The summed E-state index contributed by atoms with van der Waals surface area (Å²) in [5.74, 6) is 0.675. The lowest BCUT2D eigenvalue weighted by Crippen LogP contribution is -2.52. The monoisotopic (exact) mass is 925 g/mol. The van der Waals surface area contributed by atoms with Gasteiger partial charge in [0.25, 0.3) is 5.56 Å². The van der Waals surface area contributed by atoms with Gasteiger partial charge in [-0.2, -0.15) is 4.98 Å². The molecule has 0 radical (unpaired) electrons. The predicted octanol–water partition coefficient (Wildman–Crippen LogP) is 6.19. The Morgan fingerprint density at radius 1 is 0.938 bits per heavy atom. The van der Waals surface area contributed by atoms with Gasteiger partial charge in [0, 0.05) is 56.4 Å². The highest BCUT2D eigenvalue weighted by Crippen LogP contribution is 2.53. The fourth-order valence-corrected chi connectivity index (χ4v) is 13.8. The third kappa shape index (κ3) is 7.80. The van der Waals surface area contributed by atoms with Crippen LogP contribution < -0.4 is 31.5 Å². The van der Waals surface area contributed by atoms with Crippen LogP contribution in [0.25, 0.3) is 22.1 Å². The zero-order chi connectivity index (χ0) is 45.4. The number of carbonyl (C=O) groups excluding carboxylic acids is 2. The molecule has 2 aliphatic carbocycles. The summed E-state index contributed by atoms with van der Waals surface area (Å²) in [6.07, 6.45) is 11.4. The van der Waals surface area contributed by atoms with E-state index in [0.29, 0.717) is 63.1 Å². The van der Waals surface area contributed by atoms with Crippen LogP contribution in [0.4, 0.5) is 17.3 Å². The second-order valence-electron chi connectivity index (χ2n) is 19.2. The third-order valence-electron chi connectivity index (χ3n) is 15.2. The lowest BCUT2D eigenvalue weighted by molar-refractivity contribution is -0.135. The van der Waals surface area contributed by atoms with Gasteiger partial charge in [0.15, 0.2) is 15.6 Å². The summed E-state index contributed by atoms with van der Waals surface area (Å²) in [7, 11) is -0.222. The van der Waals surface area contributed by atoms with E-state index in [9.17, 15) is 27.6 Å². The molecule has 16 nitrogen and oxygen atoms in total. The SMILES string of the molecule is COc1c(N2CCC(CN3CCC4(CC3)CC(S(=O)(=O)c3ccc(Nc5ncc6cc(Cl)c(=O)n(C7CCCC7)c6n5)c(C)c3)C4)CC2)ccc2c1n(C)c(=O)n2C1CCC(=O)NC1=O. The number of pyridine rings is 1. The van der Waals surface area contributed by atoms with Gasteiger partial charge in [-0.25, -0.2) is 18.2 Å². The number of benzene rings is 2. The van der Waals surface area contributed by atoms with Crippen LogP contribution in [0.1, 0.15) is 94.7 Å². The normalized spacial score (nSPS) is 21.4. The molecule has 5 aromatic rings. The summed E-state index contributed by atoms with van der Waals surface area (Å²) in [5, 5.41) is 6.09. The molecule has 65 heavy (non-hydrogen) atoms. The summed E-state index contributed by atoms with van der Waals surface area (Å²) in [6.45, 7) is 6.52. The first kappa shape index (κ1) is 43.6. The first-order valence-electron chi connectivity index (χ1n) is 23.0. The number of aryl methyl sites for hydroxylation is 2. The van der Waals surface area contributed by atoms with Gasteiger partial charge in [-0.3, -0.25) is 33.4 Å². The van der Waals surface area contributed by atoms with Gasteiger partial charge in [0.05, 0.1) is 28.5 Å². The number of likely N-dealkylation sites (tertiary alicyclic amines) is 1. The van der Waals surface area contributed by atoms with Crippen molar-refractivity contribution in [3.8, 4) is 5.75 Å². The fourth-order valence-electron chi connectivity index (χ4n) is 11.5. The molecule has 6 heterocycles. The predicted molar refractivity (Wildman–Crippen MR) is 249 cm³/mol. The zero-order valence-electron chi connectivity index (χ0n) is 37.1. The highest BCUT2D eigenvalue weighted by Gasteiger charge is 2.51. The van der Waals surface area contributed by atoms with E-state index in [0.717, 1.165) is 95.3 Å². The molecule has 1 unspecified atom stereocenters. The van der Waals surface area contributed by atoms with E-state index >= 15 is 0 Å². The lowest BCUT2D eigenvalue weighted by atomic mass is 9.63. The Labute approximate surface area is 382 Å². The molecule has 2 aromatic carbocycles. The summed E-state index contributed by atoms with van der Waals surface area (Å²) in [6, 6.07) is 9.96. The Bertz CT molecular complexity index is 2950. The number of anilines is 3. The number of hydrogen-bond donors (Lipinski definition) is 2. The Kier molecular flexibility index (Phi) is 11.3. The maximum atomic E-state index is 14.0. The standard InChI is InChI=1S/C47H56ClN9O7S/c1-28-22-32(8-9-35(28)50-45-49-26-30-23-34(48)44(60)56(42(30)52-45)31-6-4-5-7-31)65(62,63)33-24-47(25-33)16-20-54(21-17-47)27-29-14-18-55(19-15-29)37-11-10-36-40(41(37)64-3)53(2)46(61)57(36)38-12-13-39(58)51-43(38)59/h8-11,22-23,26,29,31,33,38H,4-7,12-21,24-25,27H2,1-3H3,(H,49,50,52)(H,51,58,59). The van der Waals surface area contributed by atoms with Crippen molar-refractivity contribution >= 4 is 72.6 Å². The molecule has 344 valence electrons. The number of methoxy groups -OCH3 is 1. The third-order valence-corrected chi connectivity index (χ3v) is 17.6. The van der Waals surface area contributed by atoms with E-state index in [1.807, 2.05) is 19.1 Å². The molecule has 18 heteroatoms. The second kappa shape index (κ2) is 16.9. The van der Waals surface area contributed by atoms with Crippen molar-refractivity contribution in [1.82, 2.24) is 33.9 Å². The highest BCUT2D eigenvalue weighted by molar-refractivity contribution is 7.92. The summed E-state index contributed by atoms with van der Waals surface area (Å²) in [4.78, 5) is 65.6. The van der Waals surface area contributed by atoms with E-state index in [4.69, 9.17) is 21.3 Å². The molecule has 2 saturated carbocycles. The summed E-state index contributed by atoms with van der Waals surface area (Å²) in [5.41, 5.74) is 3.65. The van der Waals surface area contributed by atoms with Crippen molar-refractivity contribution < 1.29 is 22.7 Å². The molecule has 5 fully saturated rings. The maximum Gasteiger partial charge on any atom is 0.329 e. The number of amides is 2. The number of sulfone groups is 1. The fraction of sp³-hybridized carbons (Fsp3) is 0.532. The lowest BCUT2D eigenvalue weighted by Gasteiger charge is -2.52. The molecule has 1 atom stereocenters. The highest BCUT2D eigenvalue weighted by atomic mass is 35.5. The first-order chi connectivity index (χ1) is 31.2. The quantitative estimate of drug-likeness (QED) is 0.152. The smallest absolute Gasteiger partial charge is 0.329 e. The number of fused-ring (bicyclic) bond motifs is 2. The number of imidazole rings is 1. The van der Waals surface area contributed by atoms with Crippen LogP contribution in [-0.4, -0.2) is 93.9 Å². The molecule has 3 aromatic heterocycles. The molecule has 5 aliphatic rings. The molecule has 1 spiro atoms. The Morgan fingerprint density at radius 2 is 1.68 bits per heavy atom. The van der Waals surface area contributed by atoms with Gasteiger partial charge in [-0.05, 0) is 131 Å². The molecular weight excluding hydrogens is 870 g/mol. The van der Waals surface area contributed by atoms with E-state index in [2.05, 4.69) is 25.4 Å². The molecule has 0 bridgehead atoms. The average Bonchev–Trinajstić information content (AvgIpc) is 3.90. The van der Waals surface area contributed by atoms with Gasteiger partial charge in [0.1, 0.15) is 22.2 Å². The average molecular weight is 927 g/mol.